The van der Waals surface area contributed by atoms with Crippen molar-refractivity contribution in [1.29, 1.82) is 0 Å². The van der Waals surface area contributed by atoms with E-state index < -0.39 is 0 Å². The number of rotatable bonds is 6. The van der Waals surface area contributed by atoms with E-state index in [1.165, 1.54) is 17.1 Å². The molecule has 2 atom stereocenters. The topological polar surface area (TPSA) is 52.6 Å². The van der Waals surface area contributed by atoms with Gasteiger partial charge in [0.05, 0.1) is 6.54 Å². The quantitative estimate of drug-likeness (QED) is 0.746. The van der Waals surface area contributed by atoms with Crippen molar-refractivity contribution in [3.05, 3.63) is 41.7 Å². The summed E-state index contributed by atoms with van der Waals surface area (Å²) in [7, 11) is 3.92. The zero-order valence-corrected chi connectivity index (χ0v) is 17.8. The first-order valence-corrected chi connectivity index (χ1v) is 10.7. The van der Waals surface area contributed by atoms with E-state index in [4.69, 9.17) is 0 Å². The van der Waals surface area contributed by atoms with Crippen molar-refractivity contribution in [3.63, 3.8) is 0 Å². The lowest BCUT2D eigenvalue weighted by Crippen LogP contribution is -2.40. The number of hydrogen-bond donors (Lipinski definition) is 0. The van der Waals surface area contributed by atoms with Crippen molar-refractivity contribution >= 4 is 22.6 Å². The van der Waals surface area contributed by atoms with E-state index in [2.05, 4.69) is 49.5 Å². The van der Waals surface area contributed by atoms with Crippen LogP contribution in [0.1, 0.15) is 17.8 Å². The van der Waals surface area contributed by atoms with Gasteiger partial charge < -0.3 is 14.7 Å². The molecule has 28 heavy (non-hydrogen) atoms. The summed E-state index contributed by atoms with van der Waals surface area (Å²) in [6.07, 6.45) is 2.15. The minimum atomic E-state index is 0.136. The number of carbonyl (C=O) groups is 1. The largest absolute Gasteiger partial charge is 0.346 e. The number of likely N-dealkylation sites (N-methyl/N-ethyl adjacent to an activating group) is 1. The van der Waals surface area contributed by atoms with Gasteiger partial charge in [-0.15, -0.1) is 0 Å². The molecule has 0 unspecified atom stereocenters. The Hall–Kier alpha value is -1.99. The normalized spacial score (nSPS) is 24.2. The SMILES string of the molecule is Cc1nsc(N2C[C@H]3CN(C(=O)CN(C)C)C[C@@]3(CCc3ccccc3)C2)n1. The van der Waals surface area contributed by atoms with Crippen LogP contribution in [0.3, 0.4) is 0 Å². The maximum absolute atomic E-state index is 12.7. The number of carbonyl (C=O) groups excluding carboxylic acids is 1. The molecular formula is C21H29N5OS. The van der Waals surface area contributed by atoms with Crippen LogP contribution in [0.5, 0.6) is 0 Å². The van der Waals surface area contributed by atoms with E-state index in [1.54, 1.807) is 0 Å². The standard InChI is InChI=1S/C21H29N5OS/c1-16-22-20(28-23-16)26-12-18-11-25(19(27)13-24(2)3)14-21(18,15-26)10-9-17-7-5-4-6-8-17/h4-8,18H,9-15H2,1-3H3/t18-,21+/m1/s1. The Bertz CT molecular complexity index is 823. The van der Waals surface area contributed by atoms with Crippen LogP contribution < -0.4 is 4.90 Å². The summed E-state index contributed by atoms with van der Waals surface area (Å²) in [6.45, 7) is 6.08. The van der Waals surface area contributed by atoms with Crippen LogP contribution in [-0.4, -0.2) is 71.9 Å². The van der Waals surface area contributed by atoms with Gasteiger partial charge in [-0.1, -0.05) is 30.3 Å². The number of hydrogen-bond acceptors (Lipinski definition) is 6. The summed E-state index contributed by atoms with van der Waals surface area (Å²) >= 11 is 1.49. The minimum absolute atomic E-state index is 0.136. The number of amides is 1. The molecule has 4 rings (SSSR count). The summed E-state index contributed by atoms with van der Waals surface area (Å²) in [6, 6.07) is 10.7. The fourth-order valence-electron chi connectivity index (χ4n) is 4.70. The van der Waals surface area contributed by atoms with E-state index >= 15 is 0 Å². The lowest BCUT2D eigenvalue weighted by molar-refractivity contribution is -0.131. The van der Waals surface area contributed by atoms with Gasteiger partial charge in [-0.2, -0.15) is 4.37 Å². The Morgan fingerprint density at radius 2 is 2.04 bits per heavy atom. The number of anilines is 1. The Morgan fingerprint density at radius 3 is 2.71 bits per heavy atom. The first-order chi connectivity index (χ1) is 13.4. The highest BCUT2D eigenvalue weighted by Gasteiger charge is 2.53. The monoisotopic (exact) mass is 399 g/mol. The lowest BCUT2D eigenvalue weighted by Gasteiger charge is -2.29. The van der Waals surface area contributed by atoms with Crippen molar-refractivity contribution in [3.8, 4) is 0 Å². The van der Waals surface area contributed by atoms with E-state index in [0.717, 1.165) is 50.0 Å². The van der Waals surface area contributed by atoms with Crippen LogP contribution in [0.25, 0.3) is 0 Å². The van der Waals surface area contributed by atoms with Crippen molar-refractivity contribution < 1.29 is 4.79 Å². The first kappa shape index (κ1) is 19.3. The molecule has 2 saturated heterocycles. The molecule has 0 aliphatic carbocycles. The van der Waals surface area contributed by atoms with Crippen LogP contribution in [0.15, 0.2) is 30.3 Å². The van der Waals surface area contributed by atoms with Crippen LogP contribution in [0, 0.1) is 18.3 Å². The predicted octanol–water partition coefficient (Wildman–Crippen LogP) is 2.31. The number of aromatic nitrogens is 2. The second-order valence-corrected chi connectivity index (χ2v) is 9.29. The highest BCUT2D eigenvalue weighted by Crippen LogP contribution is 2.47. The summed E-state index contributed by atoms with van der Waals surface area (Å²) in [5.41, 5.74) is 1.51. The van der Waals surface area contributed by atoms with Crippen LogP contribution in [0.4, 0.5) is 5.13 Å². The van der Waals surface area contributed by atoms with Gasteiger partial charge in [-0.05, 0) is 39.4 Å². The van der Waals surface area contributed by atoms with Gasteiger partial charge in [0.25, 0.3) is 0 Å². The Morgan fingerprint density at radius 1 is 1.25 bits per heavy atom. The maximum Gasteiger partial charge on any atom is 0.236 e. The molecule has 2 fully saturated rings. The van der Waals surface area contributed by atoms with Crippen molar-refractivity contribution in [2.45, 2.75) is 19.8 Å². The molecule has 2 aliphatic rings. The minimum Gasteiger partial charge on any atom is -0.346 e. The molecule has 6 nitrogen and oxygen atoms in total. The van der Waals surface area contributed by atoms with Gasteiger partial charge in [0, 0.05) is 49.0 Å². The van der Waals surface area contributed by atoms with Gasteiger partial charge in [-0.25, -0.2) is 4.98 Å². The lowest BCUT2D eigenvalue weighted by atomic mass is 9.76. The van der Waals surface area contributed by atoms with Gasteiger partial charge in [0.15, 0.2) is 0 Å². The van der Waals surface area contributed by atoms with Gasteiger partial charge in [0.2, 0.25) is 11.0 Å². The van der Waals surface area contributed by atoms with Crippen molar-refractivity contribution in [2.75, 3.05) is 51.7 Å². The molecule has 2 aromatic rings. The van der Waals surface area contributed by atoms with Crippen LogP contribution >= 0.6 is 11.5 Å². The molecule has 2 aliphatic heterocycles. The Labute approximate surface area is 171 Å². The zero-order chi connectivity index (χ0) is 19.7. The predicted molar refractivity (Wildman–Crippen MR) is 113 cm³/mol. The zero-order valence-electron chi connectivity index (χ0n) is 17.0. The third-order valence-electron chi connectivity index (χ3n) is 6.11. The fraction of sp³-hybridized carbons (Fsp3) is 0.571. The third-order valence-corrected chi connectivity index (χ3v) is 6.97. The molecule has 0 spiro atoms. The summed E-state index contributed by atoms with van der Waals surface area (Å²) in [5.74, 6) is 1.58. The molecule has 150 valence electrons. The van der Waals surface area contributed by atoms with Crippen LogP contribution in [0.2, 0.25) is 0 Å². The molecular weight excluding hydrogens is 370 g/mol. The number of fused-ring (bicyclic) bond motifs is 1. The molecule has 0 bridgehead atoms. The van der Waals surface area contributed by atoms with Crippen molar-refractivity contribution in [1.82, 2.24) is 19.2 Å². The Kier molecular flexibility index (Phi) is 5.38. The van der Waals surface area contributed by atoms with E-state index in [0.29, 0.717) is 12.5 Å². The highest BCUT2D eigenvalue weighted by molar-refractivity contribution is 7.09. The average molecular weight is 400 g/mol. The second-order valence-electron chi connectivity index (χ2n) is 8.56. The van der Waals surface area contributed by atoms with Gasteiger partial charge in [0.1, 0.15) is 5.82 Å². The molecule has 0 N–H and O–H groups in total. The smallest absolute Gasteiger partial charge is 0.236 e. The van der Waals surface area contributed by atoms with E-state index in [9.17, 15) is 4.79 Å². The van der Waals surface area contributed by atoms with Crippen molar-refractivity contribution in [2.24, 2.45) is 11.3 Å². The first-order valence-electron chi connectivity index (χ1n) is 9.97. The van der Waals surface area contributed by atoms with Gasteiger partial charge >= 0.3 is 0 Å². The summed E-state index contributed by atoms with van der Waals surface area (Å²) < 4.78 is 4.37. The summed E-state index contributed by atoms with van der Waals surface area (Å²) in [5, 5.41) is 1.03. The maximum atomic E-state index is 12.7. The third kappa shape index (κ3) is 3.91. The molecule has 0 saturated carbocycles. The summed E-state index contributed by atoms with van der Waals surface area (Å²) in [4.78, 5) is 23.8. The number of benzene rings is 1. The molecule has 1 aromatic carbocycles. The number of nitrogens with zero attached hydrogens (tertiary/aromatic N) is 5. The molecule has 7 heteroatoms. The average Bonchev–Trinajstić information content (AvgIpc) is 3.32. The molecule has 1 amide bonds. The molecule has 0 radical (unpaired) electrons. The molecule has 3 heterocycles. The number of aryl methyl sites for hydroxylation is 2. The van der Waals surface area contributed by atoms with Crippen LogP contribution in [-0.2, 0) is 11.2 Å². The van der Waals surface area contributed by atoms with E-state index in [1.807, 2.05) is 25.9 Å². The fourth-order valence-corrected chi connectivity index (χ4v) is 5.38. The Balaban J connectivity index is 1.52. The second kappa shape index (κ2) is 7.79. The van der Waals surface area contributed by atoms with Gasteiger partial charge in [-0.3, -0.25) is 4.79 Å². The van der Waals surface area contributed by atoms with E-state index in [-0.39, 0.29) is 11.3 Å². The molecule has 1 aromatic heterocycles. The highest BCUT2D eigenvalue weighted by atomic mass is 32.1. The number of likely N-dealkylation sites (tertiary alicyclic amines) is 1.